The summed E-state index contributed by atoms with van der Waals surface area (Å²) in [6, 6.07) is 21.9. The Morgan fingerprint density at radius 3 is 2.32 bits per heavy atom. The van der Waals surface area contributed by atoms with Crippen molar-refractivity contribution in [2.45, 2.75) is 19.0 Å². The molecule has 0 saturated heterocycles. The number of halogens is 1. The minimum Gasteiger partial charge on any atom is -0.368 e. The van der Waals surface area contributed by atoms with Crippen molar-refractivity contribution in [1.29, 1.82) is 0 Å². The summed E-state index contributed by atoms with van der Waals surface area (Å²) in [5, 5.41) is 7.86. The molecule has 0 unspecified atom stereocenters. The van der Waals surface area contributed by atoms with Crippen LogP contribution in [0.4, 0.5) is 4.39 Å². The first-order valence-electron chi connectivity index (χ1n) is 9.85. The van der Waals surface area contributed by atoms with E-state index in [9.17, 15) is 14.0 Å². The molecule has 1 atom stereocenters. The molecule has 0 aliphatic heterocycles. The Kier molecular flexibility index (Phi) is 5.75. The van der Waals surface area contributed by atoms with Crippen molar-refractivity contribution < 1.29 is 14.0 Å². The Bertz CT molecular complexity index is 1220. The number of carbonyl (C=O) groups excluding carboxylic acids is 2. The van der Waals surface area contributed by atoms with E-state index in [0.717, 1.165) is 16.6 Å². The molecule has 0 saturated carbocycles. The Morgan fingerprint density at radius 2 is 1.61 bits per heavy atom. The molecule has 3 N–H and O–H groups in total. The molecule has 1 heterocycles. The SMILES string of the molecule is NC(=O)[C@H](Cc1ccccc1)NC(=O)c1nn(Cc2ccc(F)cc2)c2ccccc12. The zero-order valence-electron chi connectivity index (χ0n) is 16.7. The van der Waals surface area contributed by atoms with Crippen molar-refractivity contribution in [3.63, 3.8) is 0 Å². The number of amides is 2. The van der Waals surface area contributed by atoms with Gasteiger partial charge in [-0.05, 0) is 29.3 Å². The molecule has 3 aromatic carbocycles. The van der Waals surface area contributed by atoms with Crippen LogP contribution >= 0.6 is 0 Å². The molecule has 156 valence electrons. The lowest BCUT2D eigenvalue weighted by molar-refractivity contribution is -0.119. The summed E-state index contributed by atoms with van der Waals surface area (Å²) in [6.45, 7) is 0.372. The Hall–Kier alpha value is -4.00. The highest BCUT2D eigenvalue weighted by atomic mass is 19.1. The lowest BCUT2D eigenvalue weighted by Crippen LogP contribution is -2.46. The maximum atomic E-state index is 13.2. The van der Waals surface area contributed by atoms with Gasteiger partial charge in [0.25, 0.3) is 5.91 Å². The fourth-order valence-electron chi connectivity index (χ4n) is 3.48. The number of rotatable bonds is 7. The standard InChI is InChI=1S/C24H21FN4O2/c25-18-12-10-17(11-13-18)15-29-21-9-5-4-8-19(21)22(28-29)24(31)27-20(23(26)30)14-16-6-2-1-3-7-16/h1-13,20H,14-15H2,(H2,26,30)(H,27,31)/t20-/m0/s1. The number of nitrogens with zero attached hydrogens (tertiary/aromatic N) is 2. The molecule has 0 aliphatic rings. The fraction of sp³-hybridized carbons (Fsp3) is 0.125. The molecule has 1 aromatic heterocycles. The van der Waals surface area contributed by atoms with E-state index in [1.165, 1.54) is 12.1 Å². The highest BCUT2D eigenvalue weighted by Gasteiger charge is 2.23. The van der Waals surface area contributed by atoms with Crippen LogP contribution in [0.5, 0.6) is 0 Å². The van der Waals surface area contributed by atoms with E-state index >= 15 is 0 Å². The molecule has 4 aromatic rings. The number of benzene rings is 3. The van der Waals surface area contributed by atoms with E-state index in [1.807, 2.05) is 48.5 Å². The monoisotopic (exact) mass is 416 g/mol. The van der Waals surface area contributed by atoms with E-state index < -0.39 is 17.9 Å². The van der Waals surface area contributed by atoms with Gasteiger partial charge in [0.05, 0.1) is 12.1 Å². The highest BCUT2D eigenvalue weighted by Crippen LogP contribution is 2.20. The van der Waals surface area contributed by atoms with Crippen LogP contribution < -0.4 is 11.1 Å². The molecule has 2 amide bonds. The predicted molar refractivity (Wildman–Crippen MR) is 116 cm³/mol. The minimum atomic E-state index is -0.865. The quantitative estimate of drug-likeness (QED) is 0.485. The third-order valence-corrected chi connectivity index (χ3v) is 5.05. The first-order chi connectivity index (χ1) is 15.0. The van der Waals surface area contributed by atoms with Crippen LogP contribution in [-0.2, 0) is 17.8 Å². The second-order valence-electron chi connectivity index (χ2n) is 7.27. The first-order valence-corrected chi connectivity index (χ1v) is 9.85. The maximum absolute atomic E-state index is 13.2. The van der Waals surface area contributed by atoms with Crippen molar-refractivity contribution in [2.24, 2.45) is 5.73 Å². The number of fused-ring (bicyclic) bond motifs is 1. The normalized spacial score (nSPS) is 11.9. The zero-order chi connectivity index (χ0) is 21.8. The number of aromatic nitrogens is 2. The van der Waals surface area contributed by atoms with E-state index in [0.29, 0.717) is 11.9 Å². The Morgan fingerprint density at radius 1 is 0.935 bits per heavy atom. The lowest BCUT2D eigenvalue weighted by atomic mass is 10.1. The molecule has 0 bridgehead atoms. The molecular formula is C24H21FN4O2. The molecule has 31 heavy (non-hydrogen) atoms. The van der Waals surface area contributed by atoms with Gasteiger partial charge in [-0.2, -0.15) is 5.10 Å². The van der Waals surface area contributed by atoms with Gasteiger partial charge in [0.2, 0.25) is 5.91 Å². The topological polar surface area (TPSA) is 90.0 Å². The molecule has 6 nitrogen and oxygen atoms in total. The number of hydrogen-bond donors (Lipinski definition) is 2. The summed E-state index contributed by atoms with van der Waals surface area (Å²) in [6.07, 6.45) is 0.288. The predicted octanol–water partition coefficient (Wildman–Crippen LogP) is 3.05. The van der Waals surface area contributed by atoms with Crippen LogP contribution in [0.1, 0.15) is 21.6 Å². The van der Waals surface area contributed by atoms with Crippen LogP contribution in [0, 0.1) is 5.82 Å². The van der Waals surface area contributed by atoms with Gasteiger partial charge in [0.15, 0.2) is 5.69 Å². The average Bonchev–Trinajstić information content (AvgIpc) is 3.14. The molecule has 0 fully saturated rings. The van der Waals surface area contributed by atoms with E-state index in [1.54, 1.807) is 22.9 Å². The fourth-order valence-corrected chi connectivity index (χ4v) is 3.48. The van der Waals surface area contributed by atoms with Crippen LogP contribution in [0.2, 0.25) is 0 Å². The molecular weight excluding hydrogens is 395 g/mol. The number of carbonyl (C=O) groups is 2. The van der Waals surface area contributed by atoms with Gasteiger partial charge in [-0.3, -0.25) is 14.3 Å². The van der Waals surface area contributed by atoms with Gasteiger partial charge in [-0.25, -0.2) is 4.39 Å². The minimum absolute atomic E-state index is 0.206. The highest BCUT2D eigenvalue weighted by molar-refractivity contribution is 6.06. The van der Waals surface area contributed by atoms with Crippen molar-refractivity contribution in [3.05, 3.63) is 102 Å². The van der Waals surface area contributed by atoms with Crippen LogP contribution in [0.3, 0.4) is 0 Å². The summed E-state index contributed by atoms with van der Waals surface area (Å²) in [5.41, 5.74) is 8.23. The molecule has 0 spiro atoms. The smallest absolute Gasteiger partial charge is 0.273 e. The van der Waals surface area contributed by atoms with Crippen molar-refractivity contribution in [2.75, 3.05) is 0 Å². The lowest BCUT2D eigenvalue weighted by Gasteiger charge is -2.15. The zero-order valence-corrected chi connectivity index (χ0v) is 16.7. The van der Waals surface area contributed by atoms with Crippen molar-refractivity contribution in [3.8, 4) is 0 Å². The summed E-state index contributed by atoms with van der Waals surface area (Å²) < 4.78 is 14.9. The van der Waals surface area contributed by atoms with Gasteiger partial charge in [0.1, 0.15) is 11.9 Å². The Balaban J connectivity index is 1.61. The Labute approximate surface area is 178 Å². The largest absolute Gasteiger partial charge is 0.368 e. The summed E-state index contributed by atoms with van der Waals surface area (Å²) in [7, 11) is 0. The molecule has 7 heteroatoms. The summed E-state index contributed by atoms with van der Waals surface area (Å²) in [4.78, 5) is 25.0. The van der Waals surface area contributed by atoms with Crippen LogP contribution in [0.15, 0.2) is 78.9 Å². The maximum Gasteiger partial charge on any atom is 0.273 e. The van der Waals surface area contributed by atoms with Gasteiger partial charge in [0, 0.05) is 11.8 Å². The first kappa shape index (κ1) is 20.3. The molecule has 4 rings (SSSR count). The second-order valence-corrected chi connectivity index (χ2v) is 7.27. The van der Waals surface area contributed by atoms with Gasteiger partial charge in [-0.1, -0.05) is 60.7 Å². The number of nitrogens with two attached hydrogens (primary N) is 1. The van der Waals surface area contributed by atoms with Gasteiger partial charge in [-0.15, -0.1) is 0 Å². The average molecular weight is 416 g/mol. The van der Waals surface area contributed by atoms with E-state index in [2.05, 4.69) is 10.4 Å². The summed E-state index contributed by atoms with van der Waals surface area (Å²) in [5.74, 6) is -1.41. The van der Waals surface area contributed by atoms with E-state index in [-0.39, 0.29) is 17.9 Å². The van der Waals surface area contributed by atoms with Gasteiger partial charge < -0.3 is 11.1 Å². The van der Waals surface area contributed by atoms with Crippen molar-refractivity contribution in [1.82, 2.24) is 15.1 Å². The second kappa shape index (κ2) is 8.79. The van der Waals surface area contributed by atoms with E-state index in [4.69, 9.17) is 5.73 Å². The molecule has 0 radical (unpaired) electrons. The number of primary amides is 1. The van der Waals surface area contributed by atoms with Gasteiger partial charge >= 0.3 is 0 Å². The third kappa shape index (κ3) is 4.61. The number of nitrogens with one attached hydrogen (secondary N) is 1. The van der Waals surface area contributed by atoms with Crippen LogP contribution in [0.25, 0.3) is 10.9 Å². The number of para-hydroxylation sites is 1. The summed E-state index contributed by atoms with van der Waals surface area (Å²) >= 11 is 0. The van der Waals surface area contributed by atoms with Crippen molar-refractivity contribution >= 4 is 22.7 Å². The van der Waals surface area contributed by atoms with Crippen LogP contribution in [-0.4, -0.2) is 27.6 Å². The number of hydrogen-bond acceptors (Lipinski definition) is 3. The molecule has 0 aliphatic carbocycles. The third-order valence-electron chi connectivity index (χ3n) is 5.05.